The van der Waals surface area contributed by atoms with Crippen molar-refractivity contribution in [3.05, 3.63) is 35.6 Å². The zero-order chi connectivity index (χ0) is 14.4. The van der Waals surface area contributed by atoms with E-state index in [9.17, 15) is 4.39 Å². The summed E-state index contributed by atoms with van der Waals surface area (Å²) < 4.78 is 15.6. The van der Waals surface area contributed by atoms with E-state index in [0.717, 1.165) is 32.3 Å². The highest BCUT2D eigenvalue weighted by Gasteiger charge is 2.18. The van der Waals surface area contributed by atoms with E-state index in [1.807, 2.05) is 13.0 Å². The predicted octanol–water partition coefficient (Wildman–Crippen LogP) is 4.38. The van der Waals surface area contributed by atoms with Crippen molar-refractivity contribution in [2.45, 2.75) is 26.8 Å². The maximum Gasteiger partial charge on any atom is 0.151 e. The predicted molar refractivity (Wildman–Crippen MR) is 82.5 cm³/mol. The summed E-state index contributed by atoms with van der Waals surface area (Å²) >= 11 is 1.52. The lowest BCUT2D eigenvalue weighted by Gasteiger charge is -2.12. The number of nitrogens with zero attached hydrogens (tertiary/aromatic N) is 2. The van der Waals surface area contributed by atoms with Crippen molar-refractivity contribution in [2.24, 2.45) is 0 Å². The number of aromatic nitrogens is 2. The van der Waals surface area contributed by atoms with Gasteiger partial charge < -0.3 is 10.3 Å². The van der Waals surface area contributed by atoms with E-state index >= 15 is 0 Å². The van der Waals surface area contributed by atoms with E-state index in [1.165, 1.54) is 23.5 Å². The minimum absolute atomic E-state index is 0.194. The number of nitrogens with two attached hydrogens (primary N) is 1. The van der Waals surface area contributed by atoms with E-state index in [2.05, 4.69) is 23.4 Å². The Morgan fingerprint density at radius 3 is 2.65 bits per heavy atom. The largest absolute Gasteiger partial charge is 0.391 e. The third-order valence-electron chi connectivity index (χ3n) is 3.31. The number of rotatable bonds is 2. The van der Waals surface area contributed by atoms with Crippen molar-refractivity contribution < 1.29 is 4.39 Å². The molecular weight excluding hydrogens is 273 g/mol. The van der Waals surface area contributed by atoms with Crippen LogP contribution in [0.5, 0.6) is 0 Å². The van der Waals surface area contributed by atoms with Crippen LogP contribution < -0.4 is 5.73 Å². The molecule has 0 unspecified atom stereocenters. The maximum absolute atomic E-state index is 13.5. The minimum atomic E-state index is -0.242. The van der Waals surface area contributed by atoms with Crippen LogP contribution in [0.15, 0.2) is 24.3 Å². The van der Waals surface area contributed by atoms with Gasteiger partial charge in [-0.15, -0.1) is 11.3 Å². The van der Waals surface area contributed by atoms with E-state index in [1.54, 1.807) is 6.07 Å². The molecule has 2 N–H and O–H groups in total. The Bertz CT molecular complexity index is 786. The summed E-state index contributed by atoms with van der Waals surface area (Å²) in [6.07, 6.45) is 0. The SMILES string of the molecule is Cc1cc(N)sc1-c1nc2ccc(F)cc2n1C(C)C. The second kappa shape index (κ2) is 4.59. The molecule has 0 amide bonds. The van der Waals surface area contributed by atoms with Gasteiger partial charge in [0, 0.05) is 6.04 Å². The summed E-state index contributed by atoms with van der Waals surface area (Å²) in [6.45, 7) is 6.16. The summed E-state index contributed by atoms with van der Waals surface area (Å²) in [6, 6.07) is 6.85. The molecular formula is C15H16FN3S. The number of anilines is 1. The van der Waals surface area contributed by atoms with Crippen LogP contribution in [0.4, 0.5) is 9.39 Å². The average molecular weight is 289 g/mol. The van der Waals surface area contributed by atoms with E-state index in [-0.39, 0.29) is 11.9 Å². The van der Waals surface area contributed by atoms with Gasteiger partial charge in [0.1, 0.15) is 5.82 Å². The molecule has 0 aliphatic rings. The molecule has 104 valence electrons. The third-order valence-corrected chi connectivity index (χ3v) is 4.37. The molecule has 0 saturated heterocycles. The van der Waals surface area contributed by atoms with Crippen LogP contribution in [-0.4, -0.2) is 9.55 Å². The molecule has 3 rings (SSSR count). The Morgan fingerprint density at radius 1 is 1.30 bits per heavy atom. The number of fused-ring (bicyclic) bond motifs is 1. The Kier molecular flexibility index (Phi) is 3.01. The Morgan fingerprint density at radius 2 is 2.05 bits per heavy atom. The number of halogens is 1. The van der Waals surface area contributed by atoms with Crippen LogP contribution >= 0.6 is 11.3 Å². The normalized spacial score (nSPS) is 11.7. The molecule has 0 bridgehead atoms. The molecule has 3 aromatic rings. The fourth-order valence-corrected chi connectivity index (χ4v) is 3.40. The second-order valence-electron chi connectivity index (χ2n) is 5.19. The molecule has 3 nitrogen and oxygen atoms in total. The van der Waals surface area contributed by atoms with Gasteiger partial charge >= 0.3 is 0 Å². The molecule has 0 fully saturated rings. The molecule has 5 heteroatoms. The molecule has 0 atom stereocenters. The molecule has 0 aliphatic carbocycles. The first-order valence-electron chi connectivity index (χ1n) is 6.51. The van der Waals surface area contributed by atoms with Crippen LogP contribution in [0.3, 0.4) is 0 Å². The lowest BCUT2D eigenvalue weighted by Crippen LogP contribution is -2.03. The fourth-order valence-electron chi connectivity index (χ4n) is 2.48. The highest BCUT2D eigenvalue weighted by molar-refractivity contribution is 7.19. The first-order valence-corrected chi connectivity index (χ1v) is 7.33. The van der Waals surface area contributed by atoms with Gasteiger partial charge in [-0.05, 0) is 50.6 Å². The molecule has 0 aliphatic heterocycles. The van der Waals surface area contributed by atoms with Gasteiger partial charge in [-0.3, -0.25) is 0 Å². The van der Waals surface area contributed by atoms with Gasteiger partial charge in [0.15, 0.2) is 5.82 Å². The fraction of sp³-hybridized carbons (Fsp3) is 0.267. The van der Waals surface area contributed by atoms with Gasteiger partial charge in [0.05, 0.1) is 20.9 Å². The lowest BCUT2D eigenvalue weighted by molar-refractivity contribution is 0.613. The summed E-state index contributed by atoms with van der Waals surface area (Å²) in [7, 11) is 0. The van der Waals surface area contributed by atoms with Crippen LogP contribution in [0.25, 0.3) is 21.7 Å². The zero-order valence-corrected chi connectivity index (χ0v) is 12.5. The molecule has 2 heterocycles. The standard InChI is InChI=1S/C15H16FN3S/c1-8(2)19-12-7-10(16)4-5-11(12)18-15(19)14-9(3)6-13(17)20-14/h4-8H,17H2,1-3H3. The Hall–Kier alpha value is -1.88. The van der Waals surface area contributed by atoms with Crippen molar-refractivity contribution in [2.75, 3.05) is 5.73 Å². The number of hydrogen-bond acceptors (Lipinski definition) is 3. The van der Waals surface area contributed by atoms with Gasteiger partial charge in [0.2, 0.25) is 0 Å². The second-order valence-corrected chi connectivity index (χ2v) is 6.28. The van der Waals surface area contributed by atoms with Crippen molar-refractivity contribution in [3.63, 3.8) is 0 Å². The van der Waals surface area contributed by atoms with E-state index in [0.29, 0.717) is 0 Å². The molecule has 1 aromatic carbocycles. The molecule has 0 spiro atoms. The highest BCUT2D eigenvalue weighted by Crippen LogP contribution is 2.36. The number of aryl methyl sites for hydroxylation is 1. The number of hydrogen-bond donors (Lipinski definition) is 1. The van der Waals surface area contributed by atoms with Crippen LogP contribution in [0.2, 0.25) is 0 Å². The van der Waals surface area contributed by atoms with Crippen molar-refractivity contribution >= 4 is 27.4 Å². The molecule has 0 saturated carbocycles. The zero-order valence-electron chi connectivity index (χ0n) is 11.6. The van der Waals surface area contributed by atoms with E-state index in [4.69, 9.17) is 5.73 Å². The van der Waals surface area contributed by atoms with Crippen molar-refractivity contribution in [1.29, 1.82) is 0 Å². The van der Waals surface area contributed by atoms with Crippen LogP contribution in [0.1, 0.15) is 25.5 Å². The number of benzene rings is 1. The maximum atomic E-state index is 13.5. The Labute approximate surface area is 120 Å². The molecule has 20 heavy (non-hydrogen) atoms. The van der Waals surface area contributed by atoms with Crippen molar-refractivity contribution in [1.82, 2.24) is 9.55 Å². The highest BCUT2D eigenvalue weighted by atomic mass is 32.1. The number of nitrogen functional groups attached to an aromatic ring is 1. The van der Waals surface area contributed by atoms with Crippen LogP contribution in [0, 0.1) is 12.7 Å². The molecule has 0 radical (unpaired) electrons. The average Bonchev–Trinajstić information content (AvgIpc) is 2.88. The smallest absolute Gasteiger partial charge is 0.151 e. The Balaban J connectivity index is 2.35. The first-order chi connectivity index (χ1) is 9.47. The summed E-state index contributed by atoms with van der Waals surface area (Å²) in [4.78, 5) is 5.72. The number of imidazole rings is 1. The summed E-state index contributed by atoms with van der Waals surface area (Å²) in [5.41, 5.74) is 8.61. The monoisotopic (exact) mass is 289 g/mol. The quantitative estimate of drug-likeness (QED) is 0.761. The van der Waals surface area contributed by atoms with Gasteiger partial charge in [-0.25, -0.2) is 9.37 Å². The van der Waals surface area contributed by atoms with Gasteiger partial charge in [-0.2, -0.15) is 0 Å². The summed E-state index contributed by atoms with van der Waals surface area (Å²) in [5.74, 6) is 0.619. The number of thiophene rings is 1. The third kappa shape index (κ3) is 1.98. The van der Waals surface area contributed by atoms with Crippen LogP contribution in [-0.2, 0) is 0 Å². The molecule has 2 aromatic heterocycles. The van der Waals surface area contributed by atoms with E-state index < -0.39 is 0 Å². The minimum Gasteiger partial charge on any atom is -0.391 e. The van der Waals surface area contributed by atoms with Gasteiger partial charge in [0.25, 0.3) is 0 Å². The summed E-state index contributed by atoms with van der Waals surface area (Å²) in [5, 5.41) is 0.769. The lowest BCUT2D eigenvalue weighted by atomic mass is 10.2. The van der Waals surface area contributed by atoms with Crippen molar-refractivity contribution in [3.8, 4) is 10.7 Å². The first kappa shape index (κ1) is 13.1. The van der Waals surface area contributed by atoms with Gasteiger partial charge in [-0.1, -0.05) is 0 Å². The topological polar surface area (TPSA) is 43.8 Å².